The average Bonchev–Trinajstić information content (AvgIpc) is 2.30. The largest absolute Gasteiger partial charge is 0.398 e. The van der Waals surface area contributed by atoms with E-state index in [0.29, 0.717) is 10.5 Å². The standard InChI is InChI=1S/C13H10BrF2NO2S/c14-9-1-2-12(17)13(5-9)20(18,19)7-8-3-10(15)6-11(16)4-8/h1-6H,7,17H2. The average molecular weight is 362 g/mol. The highest BCUT2D eigenvalue weighted by Gasteiger charge is 2.19. The van der Waals surface area contributed by atoms with Gasteiger partial charge in [-0.2, -0.15) is 0 Å². The van der Waals surface area contributed by atoms with Gasteiger partial charge in [0.05, 0.1) is 16.3 Å². The Kier molecular flexibility index (Phi) is 4.10. The van der Waals surface area contributed by atoms with Crippen molar-refractivity contribution in [3.05, 3.63) is 58.1 Å². The van der Waals surface area contributed by atoms with E-state index in [1.165, 1.54) is 12.1 Å². The van der Waals surface area contributed by atoms with Crippen LogP contribution in [0.3, 0.4) is 0 Å². The van der Waals surface area contributed by atoms with Crippen LogP contribution in [0.25, 0.3) is 0 Å². The molecule has 2 rings (SSSR count). The zero-order valence-corrected chi connectivity index (χ0v) is 12.5. The summed E-state index contributed by atoms with van der Waals surface area (Å²) in [6, 6.07) is 7.06. The molecule has 0 unspecified atom stereocenters. The van der Waals surface area contributed by atoms with Gasteiger partial charge in [0, 0.05) is 10.5 Å². The maximum Gasteiger partial charge on any atom is 0.184 e. The van der Waals surface area contributed by atoms with Crippen LogP contribution < -0.4 is 5.73 Å². The highest BCUT2D eigenvalue weighted by atomic mass is 79.9. The molecule has 2 aromatic rings. The first-order valence-corrected chi connectivity index (χ1v) is 7.95. The summed E-state index contributed by atoms with van der Waals surface area (Å²) in [5.74, 6) is -2.17. The molecule has 0 atom stereocenters. The molecule has 2 N–H and O–H groups in total. The van der Waals surface area contributed by atoms with Crippen LogP contribution in [0.2, 0.25) is 0 Å². The van der Waals surface area contributed by atoms with Crippen molar-refractivity contribution in [3.8, 4) is 0 Å². The van der Waals surface area contributed by atoms with E-state index < -0.39 is 27.2 Å². The van der Waals surface area contributed by atoms with Gasteiger partial charge in [-0.1, -0.05) is 15.9 Å². The maximum atomic E-state index is 13.1. The minimum atomic E-state index is -3.79. The normalized spacial score (nSPS) is 11.6. The summed E-state index contributed by atoms with van der Waals surface area (Å²) in [5, 5.41) is 0. The zero-order chi connectivity index (χ0) is 14.9. The van der Waals surface area contributed by atoms with Crippen LogP contribution >= 0.6 is 15.9 Å². The number of benzene rings is 2. The summed E-state index contributed by atoms with van der Waals surface area (Å²) in [6.45, 7) is 0. The topological polar surface area (TPSA) is 60.2 Å². The molecule has 0 fully saturated rings. The number of hydrogen-bond donors (Lipinski definition) is 1. The van der Waals surface area contributed by atoms with Gasteiger partial charge in [0.1, 0.15) is 11.6 Å². The Balaban J connectivity index is 2.43. The number of anilines is 1. The molecule has 0 saturated carbocycles. The quantitative estimate of drug-likeness (QED) is 0.853. The van der Waals surface area contributed by atoms with Gasteiger partial charge in [-0.25, -0.2) is 17.2 Å². The molecule has 3 nitrogen and oxygen atoms in total. The van der Waals surface area contributed by atoms with Crippen molar-refractivity contribution in [1.29, 1.82) is 0 Å². The van der Waals surface area contributed by atoms with Crippen molar-refractivity contribution >= 4 is 31.5 Å². The lowest BCUT2D eigenvalue weighted by molar-refractivity contribution is 0.579. The lowest BCUT2D eigenvalue weighted by Crippen LogP contribution is -2.08. The highest BCUT2D eigenvalue weighted by Crippen LogP contribution is 2.26. The maximum absolute atomic E-state index is 13.1. The molecular weight excluding hydrogens is 352 g/mol. The van der Waals surface area contributed by atoms with E-state index in [2.05, 4.69) is 15.9 Å². The molecule has 0 aromatic heterocycles. The lowest BCUT2D eigenvalue weighted by atomic mass is 10.2. The highest BCUT2D eigenvalue weighted by molar-refractivity contribution is 9.10. The van der Waals surface area contributed by atoms with Gasteiger partial charge < -0.3 is 5.73 Å². The summed E-state index contributed by atoms with van der Waals surface area (Å²) in [5.41, 5.74) is 5.76. The fourth-order valence-corrected chi connectivity index (χ4v) is 3.78. The smallest absolute Gasteiger partial charge is 0.184 e. The van der Waals surface area contributed by atoms with E-state index >= 15 is 0 Å². The van der Waals surface area contributed by atoms with Crippen molar-refractivity contribution in [3.63, 3.8) is 0 Å². The molecule has 20 heavy (non-hydrogen) atoms. The predicted octanol–water partition coefficient (Wildman–Crippen LogP) is 3.28. The van der Waals surface area contributed by atoms with Crippen LogP contribution in [-0.4, -0.2) is 8.42 Å². The number of nitrogen functional groups attached to an aromatic ring is 1. The van der Waals surface area contributed by atoms with Crippen LogP contribution in [0.15, 0.2) is 45.8 Å². The molecule has 0 aliphatic rings. The van der Waals surface area contributed by atoms with Crippen molar-refractivity contribution in [2.24, 2.45) is 0 Å². The second-order valence-corrected chi connectivity index (χ2v) is 7.09. The van der Waals surface area contributed by atoms with Gasteiger partial charge in [0.25, 0.3) is 0 Å². The summed E-state index contributed by atoms with van der Waals surface area (Å²) in [7, 11) is -3.79. The van der Waals surface area contributed by atoms with Crippen molar-refractivity contribution in [2.45, 2.75) is 10.6 Å². The van der Waals surface area contributed by atoms with E-state index in [9.17, 15) is 17.2 Å². The van der Waals surface area contributed by atoms with Gasteiger partial charge in [-0.05, 0) is 35.9 Å². The minimum Gasteiger partial charge on any atom is -0.398 e. The molecule has 2 aromatic carbocycles. The number of rotatable bonds is 3. The predicted molar refractivity (Wildman–Crippen MR) is 75.8 cm³/mol. The monoisotopic (exact) mass is 361 g/mol. The van der Waals surface area contributed by atoms with Crippen molar-refractivity contribution in [1.82, 2.24) is 0 Å². The number of sulfone groups is 1. The molecule has 0 saturated heterocycles. The van der Waals surface area contributed by atoms with Crippen LogP contribution in [0.1, 0.15) is 5.56 Å². The fourth-order valence-electron chi connectivity index (χ4n) is 1.77. The Labute approximate surface area is 123 Å². The van der Waals surface area contributed by atoms with Gasteiger partial charge in [0.2, 0.25) is 0 Å². The Morgan fingerprint density at radius 3 is 2.25 bits per heavy atom. The van der Waals surface area contributed by atoms with Gasteiger partial charge in [-0.3, -0.25) is 0 Å². The molecule has 0 bridgehead atoms. The van der Waals surface area contributed by atoms with Crippen LogP contribution in [0.4, 0.5) is 14.5 Å². The Morgan fingerprint density at radius 2 is 1.65 bits per heavy atom. The molecule has 0 radical (unpaired) electrons. The summed E-state index contributed by atoms with van der Waals surface area (Å²) in [4.78, 5) is -0.0726. The third kappa shape index (κ3) is 3.34. The van der Waals surface area contributed by atoms with Crippen LogP contribution in [-0.2, 0) is 15.6 Å². The second kappa shape index (κ2) is 5.49. The second-order valence-electron chi connectivity index (χ2n) is 4.22. The van der Waals surface area contributed by atoms with Gasteiger partial charge in [-0.15, -0.1) is 0 Å². The zero-order valence-electron chi connectivity index (χ0n) is 10.1. The van der Waals surface area contributed by atoms with Crippen LogP contribution in [0, 0.1) is 11.6 Å². The summed E-state index contributed by atoms with van der Waals surface area (Å²) >= 11 is 3.16. The van der Waals surface area contributed by atoms with Crippen molar-refractivity contribution < 1.29 is 17.2 Å². The molecule has 0 amide bonds. The van der Waals surface area contributed by atoms with E-state index in [4.69, 9.17) is 5.73 Å². The SMILES string of the molecule is Nc1ccc(Br)cc1S(=O)(=O)Cc1cc(F)cc(F)c1. The molecular formula is C13H10BrF2NO2S. The van der Waals surface area contributed by atoms with Crippen LogP contribution in [0.5, 0.6) is 0 Å². The molecule has 0 spiro atoms. The number of halogens is 3. The van der Waals surface area contributed by atoms with E-state index in [1.807, 2.05) is 0 Å². The van der Waals surface area contributed by atoms with E-state index in [0.717, 1.165) is 12.1 Å². The molecule has 106 valence electrons. The first kappa shape index (κ1) is 14.9. The molecule has 0 aliphatic carbocycles. The Hall–Kier alpha value is -1.47. The van der Waals surface area contributed by atoms with E-state index in [-0.39, 0.29) is 16.1 Å². The minimum absolute atomic E-state index is 0.0295. The van der Waals surface area contributed by atoms with E-state index in [1.54, 1.807) is 6.07 Å². The summed E-state index contributed by atoms with van der Waals surface area (Å²) in [6.07, 6.45) is 0. The first-order chi connectivity index (χ1) is 9.28. The lowest BCUT2D eigenvalue weighted by Gasteiger charge is -2.08. The first-order valence-electron chi connectivity index (χ1n) is 5.51. The molecule has 7 heteroatoms. The fraction of sp³-hybridized carbons (Fsp3) is 0.0769. The Morgan fingerprint density at radius 1 is 1.05 bits per heavy atom. The Bertz CT molecular complexity index is 743. The van der Waals surface area contributed by atoms with Gasteiger partial charge in [0.15, 0.2) is 9.84 Å². The number of nitrogens with two attached hydrogens (primary N) is 1. The summed E-state index contributed by atoms with van der Waals surface area (Å²) < 4.78 is 51.2. The molecule has 0 aliphatic heterocycles. The molecule has 0 heterocycles. The third-order valence-electron chi connectivity index (χ3n) is 2.59. The van der Waals surface area contributed by atoms with Gasteiger partial charge >= 0.3 is 0 Å². The van der Waals surface area contributed by atoms with Crippen molar-refractivity contribution in [2.75, 3.05) is 5.73 Å². The number of hydrogen-bond acceptors (Lipinski definition) is 3. The third-order valence-corrected chi connectivity index (χ3v) is 4.82.